The summed E-state index contributed by atoms with van der Waals surface area (Å²) in [5.41, 5.74) is 2.23. The topological polar surface area (TPSA) is 29.5 Å². The van der Waals surface area contributed by atoms with Crippen LogP contribution in [0.2, 0.25) is 0 Å². The van der Waals surface area contributed by atoms with E-state index >= 15 is 0 Å². The minimum absolute atomic E-state index is 0.318. The van der Waals surface area contributed by atoms with E-state index in [0.29, 0.717) is 13.0 Å². The van der Waals surface area contributed by atoms with Crippen LogP contribution >= 0.6 is 11.6 Å². The Balaban J connectivity index is 2.15. The molecule has 0 saturated heterocycles. The van der Waals surface area contributed by atoms with E-state index in [4.69, 9.17) is 16.3 Å². The summed E-state index contributed by atoms with van der Waals surface area (Å²) >= 11 is 5.47. The van der Waals surface area contributed by atoms with E-state index in [0.717, 1.165) is 18.0 Å². The van der Waals surface area contributed by atoms with Crippen molar-refractivity contribution in [1.82, 2.24) is 0 Å². The molecule has 0 radical (unpaired) electrons. The highest BCUT2D eigenvalue weighted by atomic mass is 35.5. The molecule has 2 aromatic rings. The molecule has 0 aliphatic rings. The number of carbonyl (C=O) groups is 1. The van der Waals surface area contributed by atoms with Crippen LogP contribution in [0.1, 0.15) is 12.0 Å². The van der Waals surface area contributed by atoms with Gasteiger partial charge < -0.3 is 9.64 Å². The van der Waals surface area contributed by atoms with Crippen LogP contribution in [0.4, 0.5) is 5.69 Å². The molecule has 0 N–H and O–H groups in total. The van der Waals surface area contributed by atoms with Crippen molar-refractivity contribution in [1.29, 1.82) is 0 Å². The third-order valence-corrected chi connectivity index (χ3v) is 3.42. The first kappa shape index (κ1) is 15.4. The number of nitrogens with zero attached hydrogens (tertiary/aromatic N) is 1. The normalized spacial score (nSPS) is 10.2. The molecule has 0 atom stereocenters. The first-order valence-electron chi connectivity index (χ1n) is 6.80. The number of hydrogen-bond acceptors (Lipinski definition) is 3. The second kappa shape index (κ2) is 7.70. The van der Waals surface area contributed by atoms with Crippen molar-refractivity contribution < 1.29 is 9.53 Å². The Morgan fingerprint density at radius 3 is 2.33 bits per heavy atom. The monoisotopic (exact) mass is 303 g/mol. The lowest BCUT2D eigenvalue weighted by Crippen LogP contribution is -2.24. The van der Waals surface area contributed by atoms with Crippen molar-refractivity contribution in [2.75, 3.05) is 18.6 Å². The number of rotatable bonds is 7. The molecular formula is C17H18ClNO2. The maximum atomic E-state index is 11.1. The average Bonchev–Trinajstić information content (AvgIpc) is 2.52. The number of carbonyl (C=O) groups excluding carboxylic acids is 1. The van der Waals surface area contributed by atoms with Gasteiger partial charge in [-0.1, -0.05) is 30.3 Å². The summed E-state index contributed by atoms with van der Waals surface area (Å²) in [7, 11) is 1.64. The van der Waals surface area contributed by atoms with E-state index in [1.807, 2.05) is 42.5 Å². The highest BCUT2D eigenvalue weighted by Gasteiger charge is 2.09. The maximum absolute atomic E-state index is 11.1. The van der Waals surface area contributed by atoms with Crippen LogP contribution in [0.25, 0.3) is 0 Å². The number of ether oxygens (including phenoxy) is 1. The molecule has 2 rings (SSSR count). The quantitative estimate of drug-likeness (QED) is 0.728. The van der Waals surface area contributed by atoms with Crippen molar-refractivity contribution in [3.05, 3.63) is 60.2 Å². The van der Waals surface area contributed by atoms with Crippen LogP contribution in [0.15, 0.2) is 54.6 Å². The molecule has 21 heavy (non-hydrogen) atoms. The minimum Gasteiger partial charge on any atom is -0.497 e. The van der Waals surface area contributed by atoms with E-state index in [9.17, 15) is 4.79 Å². The summed E-state index contributed by atoms with van der Waals surface area (Å²) in [5.74, 6) is 0.812. The summed E-state index contributed by atoms with van der Waals surface area (Å²) < 4.78 is 5.17. The Morgan fingerprint density at radius 1 is 1.10 bits per heavy atom. The van der Waals surface area contributed by atoms with Gasteiger partial charge in [-0.25, -0.2) is 0 Å². The number of anilines is 1. The van der Waals surface area contributed by atoms with Gasteiger partial charge in [-0.3, -0.25) is 4.79 Å². The molecule has 0 amide bonds. The molecule has 0 saturated carbocycles. The zero-order chi connectivity index (χ0) is 15.1. The highest BCUT2D eigenvalue weighted by Crippen LogP contribution is 2.21. The second-order valence-electron chi connectivity index (χ2n) is 4.71. The Labute approximate surface area is 130 Å². The number of halogens is 1. The third kappa shape index (κ3) is 4.80. The summed E-state index contributed by atoms with van der Waals surface area (Å²) in [4.78, 5) is 13.2. The predicted molar refractivity (Wildman–Crippen MR) is 86.0 cm³/mol. The van der Waals surface area contributed by atoms with Crippen molar-refractivity contribution in [2.45, 2.75) is 13.0 Å². The van der Waals surface area contributed by atoms with Crippen LogP contribution in [-0.4, -0.2) is 18.9 Å². The van der Waals surface area contributed by atoms with Gasteiger partial charge in [0.05, 0.1) is 7.11 Å². The standard InChI is InChI=1S/C17H18ClNO2/c1-21-16-9-7-15(8-10-16)19(12-11-17(18)20)13-14-5-3-2-4-6-14/h2-10H,11-13H2,1H3. The summed E-state index contributed by atoms with van der Waals surface area (Å²) in [6.07, 6.45) is 0.320. The minimum atomic E-state index is -0.318. The van der Waals surface area contributed by atoms with Crippen molar-refractivity contribution in [3.63, 3.8) is 0 Å². The molecule has 0 aliphatic carbocycles. The molecule has 0 heterocycles. The van der Waals surface area contributed by atoms with Crippen LogP contribution in [0, 0.1) is 0 Å². The predicted octanol–water partition coefficient (Wildman–Crippen LogP) is 3.86. The Morgan fingerprint density at radius 2 is 1.76 bits per heavy atom. The van der Waals surface area contributed by atoms with Gasteiger partial charge in [0.25, 0.3) is 0 Å². The van der Waals surface area contributed by atoms with Gasteiger partial charge in [-0.05, 0) is 41.4 Å². The van der Waals surface area contributed by atoms with E-state index in [1.54, 1.807) is 7.11 Å². The van der Waals surface area contributed by atoms with Crippen molar-refractivity contribution in [2.24, 2.45) is 0 Å². The van der Waals surface area contributed by atoms with Crippen LogP contribution in [0.5, 0.6) is 5.75 Å². The molecule has 0 unspecified atom stereocenters. The number of methoxy groups -OCH3 is 1. The smallest absolute Gasteiger partial charge is 0.223 e. The second-order valence-corrected chi connectivity index (χ2v) is 5.13. The number of hydrogen-bond donors (Lipinski definition) is 0. The molecule has 2 aromatic carbocycles. The third-order valence-electron chi connectivity index (χ3n) is 3.23. The van der Waals surface area contributed by atoms with E-state index in [2.05, 4.69) is 17.0 Å². The molecule has 0 fully saturated rings. The number of benzene rings is 2. The Kier molecular flexibility index (Phi) is 5.64. The van der Waals surface area contributed by atoms with Crippen LogP contribution < -0.4 is 9.64 Å². The van der Waals surface area contributed by atoms with Crippen LogP contribution in [0.3, 0.4) is 0 Å². The lowest BCUT2D eigenvalue weighted by Gasteiger charge is -2.24. The largest absolute Gasteiger partial charge is 0.497 e. The van der Waals surface area contributed by atoms with E-state index in [1.165, 1.54) is 5.56 Å². The van der Waals surface area contributed by atoms with Gasteiger partial charge in [-0.2, -0.15) is 0 Å². The van der Waals surface area contributed by atoms with Gasteiger partial charge >= 0.3 is 0 Å². The average molecular weight is 304 g/mol. The van der Waals surface area contributed by atoms with E-state index in [-0.39, 0.29) is 5.24 Å². The lowest BCUT2D eigenvalue weighted by molar-refractivity contribution is -0.111. The van der Waals surface area contributed by atoms with Crippen molar-refractivity contribution in [3.8, 4) is 5.75 Å². The fraction of sp³-hybridized carbons (Fsp3) is 0.235. The van der Waals surface area contributed by atoms with Gasteiger partial charge in [0.1, 0.15) is 5.75 Å². The van der Waals surface area contributed by atoms with Gasteiger partial charge in [-0.15, -0.1) is 0 Å². The molecule has 110 valence electrons. The summed E-state index contributed by atoms with van der Waals surface area (Å²) in [5, 5.41) is -0.318. The molecule has 4 heteroatoms. The van der Waals surface area contributed by atoms with Crippen LogP contribution in [-0.2, 0) is 11.3 Å². The van der Waals surface area contributed by atoms with Crippen molar-refractivity contribution >= 4 is 22.5 Å². The zero-order valence-corrected chi connectivity index (χ0v) is 12.7. The van der Waals surface area contributed by atoms with Gasteiger partial charge in [0.15, 0.2) is 0 Å². The first-order valence-corrected chi connectivity index (χ1v) is 7.18. The Bertz CT molecular complexity index is 569. The molecule has 0 spiro atoms. The summed E-state index contributed by atoms with van der Waals surface area (Å²) in [6.45, 7) is 1.32. The highest BCUT2D eigenvalue weighted by molar-refractivity contribution is 6.63. The molecular weight excluding hydrogens is 286 g/mol. The molecule has 3 nitrogen and oxygen atoms in total. The van der Waals surface area contributed by atoms with Gasteiger partial charge in [0.2, 0.25) is 5.24 Å². The molecule has 0 bridgehead atoms. The molecule has 0 aliphatic heterocycles. The Hall–Kier alpha value is -2.00. The van der Waals surface area contributed by atoms with E-state index < -0.39 is 0 Å². The lowest BCUT2D eigenvalue weighted by atomic mass is 10.2. The summed E-state index contributed by atoms with van der Waals surface area (Å²) in [6, 6.07) is 17.9. The molecule has 0 aromatic heterocycles. The fourth-order valence-corrected chi connectivity index (χ4v) is 2.20. The zero-order valence-electron chi connectivity index (χ0n) is 12.0. The fourth-order valence-electron chi connectivity index (χ4n) is 2.12. The SMILES string of the molecule is COc1ccc(N(CCC(=O)Cl)Cc2ccccc2)cc1. The van der Waals surface area contributed by atoms with Gasteiger partial charge in [0, 0.05) is 25.2 Å². The maximum Gasteiger partial charge on any atom is 0.223 e. The first-order chi connectivity index (χ1) is 10.2.